The Hall–Kier alpha value is 1.90. The average Bonchev–Trinajstić information content (AvgIpc) is 3.45. The molecule has 45 heavy (non-hydrogen) atoms. The van der Waals surface area contributed by atoms with Crippen molar-refractivity contribution in [3.63, 3.8) is 0 Å². The van der Waals surface area contributed by atoms with Crippen LogP contribution in [0.25, 0.3) is 9.96 Å². The van der Waals surface area contributed by atoms with E-state index in [0.29, 0.717) is 0 Å². The minimum absolute atomic E-state index is 0.0717. The van der Waals surface area contributed by atoms with E-state index in [2.05, 4.69) is 116 Å². The first-order chi connectivity index (χ1) is 20.9. The van der Waals surface area contributed by atoms with E-state index in [-0.39, 0.29) is 11.1 Å². The molecule has 2 saturated carbocycles. The molecule has 0 N–H and O–H groups in total. The van der Waals surface area contributed by atoms with E-state index in [9.17, 15) is 0 Å². The summed E-state index contributed by atoms with van der Waals surface area (Å²) >= 11 is -1.11. The van der Waals surface area contributed by atoms with Gasteiger partial charge in [0.25, 0.3) is 0 Å². The average molecular weight is 803 g/mol. The zero-order valence-corrected chi connectivity index (χ0v) is 37.7. The molecule has 0 radical (unpaired) electrons. The van der Waals surface area contributed by atoms with Crippen LogP contribution in [0, 0.1) is 35.5 Å². The van der Waals surface area contributed by atoms with Crippen LogP contribution < -0.4 is 0 Å². The number of unbranched alkanes of at least 4 members (excludes halogenated alkanes) is 2. The van der Waals surface area contributed by atoms with Gasteiger partial charge in [0.05, 0.1) is 0 Å². The molecule has 8 unspecified atom stereocenters. The number of nitrogens with zero attached hydrogens (tertiary/aromatic N) is 2. The molecular weight excluding hydrogens is 742 g/mol. The van der Waals surface area contributed by atoms with Crippen LogP contribution in [-0.4, -0.2) is 27.5 Å². The third-order valence-corrected chi connectivity index (χ3v) is 17.6. The van der Waals surface area contributed by atoms with Crippen LogP contribution in [0.3, 0.4) is 0 Å². The van der Waals surface area contributed by atoms with Gasteiger partial charge in [0.15, 0.2) is 0 Å². The van der Waals surface area contributed by atoms with Gasteiger partial charge >= 0.3 is 71.3 Å². The van der Waals surface area contributed by atoms with E-state index in [1.165, 1.54) is 44.9 Å². The van der Waals surface area contributed by atoms with E-state index >= 15 is 0 Å². The molecule has 2 fully saturated rings. The number of hydrogen-bond donors (Lipinski definition) is 0. The zero-order chi connectivity index (χ0) is 34.1. The van der Waals surface area contributed by atoms with Crippen LogP contribution in [-0.2, 0) is 34.1 Å². The van der Waals surface area contributed by atoms with Gasteiger partial charge < -0.3 is 9.96 Å². The molecule has 4 rings (SSSR count). The first-order valence-electron chi connectivity index (χ1n) is 17.0. The molecule has 8 atom stereocenters. The quantitative estimate of drug-likeness (QED) is 0.155. The maximum atomic E-state index is 5.52. The Bertz CT molecular complexity index is 929. The van der Waals surface area contributed by atoms with Gasteiger partial charge in [-0.15, -0.1) is 11.1 Å². The van der Waals surface area contributed by atoms with Gasteiger partial charge in [-0.25, -0.2) is 0 Å². The first kappa shape index (κ1) is 43.1. The van der Waals surface area contributed by atoms with Gasteiger partial charge in [0.2, 0.25) is 0 Å². The normalized spacial score (nSPS) is 30.5. The van der Waals surface area contributed by atoms with Crippen molar-refractivity contribution in [2.45, 2.75) is 135 Å². The molecule has 0 saturated heterocycles. The molecule has 4 aliphatic rings. The number of hydrogen-bond acceptors (Lipinski definition) is 0. The molecule has 0 spiro atoms. The van der Waals surface area contributed by atoms with Crippen LogP contribution in [0.5, 0.6) is 0 Å². The van der Waals surface area contributed by atoms with Crippen molar-refractivity contribution in [1.82, 2.24) is 0 Å². The molecule has 0 aromatic carbocycles. The van der Waals surface area contributed by atoms with Crippen molar-refractivity contribution in [3.8, 4) is 0 Å². The van der Waals surface area contributed by atoms with Crippen molar-refractivity contribution >= 4 is 53.7 Å². The van der Waals surface area contributed by atoms with Gasteiger partial charge in [0, 0.05) is 0 Å². The van der Waals surface area contributed by atoms with Gasteiger partial charge in [-0.05, 0) is 48.3 Å². The fourth-order valence-corrected chi connectivity index (χ4v) is 19.0. The summed E-state index contributed by atoms with van der Waals surface area (Å²) in [6, 6.07) is 0. The second-order valence-electron chi connectivity index (χ2n) is 16.7. The van der Waals surface area contributed by atoms with Crippen LogP contribution in [0.2, 0.25) is 37.3 Å². The minimum atomic E-state index is -1.71. The van der Waals surface area contributed by atoms with E-state index in [1.54, 1.807) is 0 Å². The molecular formula is C35H60Cl4N2Si2Ti2-2. The fourth-order valence-electron chi connectivity index (χ4n) is 9.76. The molecule has 10 heteroatoms. The Morgan fingerprint density at radius 1 is 0.578 bits per heavy atom. The third kappa shape index (κ3) is 13.9. The fraction of sp³-hybridized carbons (Fsp3) is 0.771. The summed E-state index contributed by atoms with van der Waals surface area (Å²) < 4.78 is 0. The van der Waals surface area contributed by atoms with Crippen LogP contribution >= 0.6 is 37.2 Å². The third-order valence-electron chi connectivity index (χ3n) is 10.1. The van der Waals surface area contributed by atoms with Crippen LogP contribution in [0.1, 0.15) is 86.5 Å². The van der Waals surface area contributed by atoms with Gasteiger partial charge in [-0.3, -0.25) is 0 Å². The predicted octanol–water partition coefficient (Wildman–Crippen LogP) is 13.9. The Kier molecular flexibility index (Phi) is 18.7. The topological polar surface area (TPSA) is 28.2 Å². The number of allylic oxidation sites excluding steroid dienone is 8. The molecule has 0 amide bonds. The van der Waals surface area contributed by atoms with Crippen LogP contribution in [0.4, 0.5) is 0 Å². The summed E-state index contributed by atoms with van der Waals surface area (Å²) in [6.07, 6.45) is 29.1. The molecule has 4 aliphatic carbocycles. The Morgan fingerprint density at radius 2 is 0.889 bits per heavy atom. The summed E-state index contributed by atoms with van der Waals surface area (Å²) in [4.78, 5) is 11.0. The Labute approximate surface area is 313 Å². The van der Waals surface area contributed by atoms with E-state index in [1.807, 2.05) is 0 Å². The van der Waals surface area contributed by atoms with Gasteiger partial charge in [-0.2, -0.15) is 0 Å². The van der Waals surface area contributed by atoms with E-state index in [0.717, 1.165) is 46.6 Å². The number of fused-ring (bicyclic) bond motifs is 2. The second kappa shape index (κ2) is 19.5. The van der Waals surface area contributed by atoms with E-state index in [4.69, 9.17) is 47.2 Å². The van der Waals surface area contributed by atoms with Crippen LogP contribution in [0.15, 0.2) is 48.6 Å². The molecule has 0 aromatic rings. The molecule has 2 nitrogen and oxygen atoms in total. The van der Waals surface area contributed by atoms with E-state index < -0.39 is 50.5 Å². The SMILES string of the molecule is CC(C)(C)[N-][Si](C)(C)C1C(CCCCCC2CC3C=CC=CC3C2[Si](C)(C)[N-]C(C)(C)C)CC2C=CC=CC21.[Cl][Ti][Cl].[Cl][Ti][Cl]. The monoisotopic (exact) mass is 800 g/mol. The maximum absolute atomic E-state index is 5.52. The summed E-state index contributed by atoms with van der Waals surface area (Å²) in [5, 5.41) is 0. The summed E-state index contributed by atoms with van der Waals surface area (Å²) in [5.74, 6) is 4.61. The van der Waals surface area contributed by atoms with Crippen molar-refractivity contribution in [2.75, 3.05) is 0 Å². The standard InChI is InChI=1S/C35H60N2Si2.4ClH.2Ti/c1-34(2,3)36-38(7,8)32-28(24-26-18-14-16-22-30(26)32)20-12-11-13-21-29-25-27-19-15-17-23-31(27)33(29)39(9,10)37-35(4,5)6;;;;;;/h14-19,22-23,26-33H,11-13,20-21,24-25H2,1-10H3;4*1H;;/q-2;;;;;2*+2/p-4. The van der Waals surface area contributed by atoms with Gasteiger partial charge in [-0.1, -0.05) is 176 Å². The first-order valence-corrected chi connectivity index (χ1v) is 31.7. The second-order valence-corrected chi connectivity index (χ2v) is 30.3. The Morgan fingerprint density at radius 3 is 1.20 bits per heavy atom. The molecule has 0 heterocycles. The van der Waals surface area contributed by atoms with Crippen molar-refractivity contribution < 1.29 is 34.1 Å². The molecule has 0 aliphatic heterocycles. The Balaban J connectivity index is 0.00000109. The molecule has 256 valence electrons. The number of halogens is 4. The molecule has 0 aromatic heterocycles. The van der Waals surface area contributed by atoms with Crippen molar-refractivity contribution in [2.24, 2.45) is 35.5 Å². The zero-order valence-electron chi connectivity index (χ0n) is 29.6. The summed E-state index contributed by atoms with van der Waals surface area (Å²) in [5.41, 5.74) is 1.72. The number of rotatable bonds is 10. The molecule has 0 bridgehead atoms. The van der Waals surface area contributed by atoms with Gasteiger partial charge in [0.1, 0.15) is 0 Å². The summed E-state index contributed by atoms with van der Waals surface area (Å²) in [7, 11) is 16.1. The van der Waals surface area contributed by atoms with Crippen molar-refractivity contribution in [3.05, 3.63) is 58.6 Å². The predicted molar refractivity (Wildman–Crippen MR) is 202 cm³/mol. The summed E-state index contributed by atoms with van der Waals surface area (Å²) in [6.45, 7) is 24.0. The van der Waals surface area contributed by atoms with Crippen molar-refractivity contribution in [1.29, 1.82) is 0 Å².